The number of carbonyl (C=O) groups is 1. The van der Waals surface area contributed by atoms with Crippen LogP contribution in [0.4, 0.5) is 0 Å². The van der Waals surface area contributed by atoms with Crippen LogP contribution in [0, 0.1) is 11.8 Å². The number of nitrogens with one attached hydrogen (secondary N) is 1. The second-order valence-electron chi connectivity index (χ2n) is 8.51. The van der Waals surface area contributed by atoms with Crippen LogP contribution in [0.25, 0.3) is 0 Å². The van der Waals surface area contributed by atoms with Gasteiger partial charge in [-0.3, -0.25) is 9.69 Å². The van der Waals surface area contributed by atoms with Gasteiger partial charge in [0, 0.05) is 25.2 Å². The molecule has 1 saturated heterocycles. The normalized spacial score (nSPS) is 26.5. The summed E-state index contributed by atoms with van der Waals surface area (Å²) in [5.74, 6) is 1.49. The number of ether oxygens (including phenoxy) is 1. The largest absolute Gasteiger partial charge is 0.484 e. The number of aliphatic hydroxyl groups excluding tert-OH is 1. The second kappa shape index (κ2) is 7.34. The molecule has 0 aromatic heterocycles. The predicted octanol–water partition coefficient (Wildman–Crippen LogP) is 2.18. The van der Waals surface area contributed by atoms with Gasteiger partial charge in [0.25, 0.3) is 5.91 Å². The molecule has 2 fully saturated rings. The molecule has 1 unspecified atom stereocenters. The first kappa shape index (κ1) is 18.2. The van der Waals surface area contributed by atoms with E-state index < -0.39 is 0 Å². The summed E-state index contributed by atoms with van der Waals surface area (Å²) in [4.78, 5) is 14.2. The Balaban J connectivity index is 1.47. The van der Waals surface area contributed by atoms with Gasteiger partial charge in [0.2, 0.25) is 0 Å². The zero-order chi connectivity index (χ0) is 18.0. The summed E-state index contributed by atoms with van der Waals surface area (Å²) in [5.41, 5.74) is 0.994. The van der Waals surface area contributed by atoms with Crippen LogP contribution in [0.1, 0.15) is 39.2 Å². The molecule has 1 aromatic carbocycles. The Kier molecular flexibility index (Phi) is 5.35. The number of benzene rings is 1. The molecule has 1 aliphatic carbocycles. The lowest BCUT2D eigenvalue weighted by Gasteiger charge is -2.35. The first-order valence-corrected chi connectivity index (χ1v) is 9.23. The van der Waals surface area contributed by atoms with Crippen molar-refractivity contribution in [2.24, 2.45) is 11.8 Å². The van der Waals surface area contributed by atoms with Crippen molar-refractivity contribution in [3.63, 3.8) is 0 Å². The maximum atomic E-state index is 11.8. The Labute approximate surface area is 150 Å². The molecule has 138 valence electrons. The summed E-state index contributed by atoms with van der Waals surface area (Å²) in [7, 11) is 0. The first-order chi connectivity index (χ1) is 11.8. The highest BCUT2D eigenvalue weighted by Gasteiger charge is 2.40. The molecule has 5 heteroatoms. The van der Waals surface area contributed by atoms with E-state index >= 15 is 0 Å². The maximum absolute atomic E-state index is 11.8. The van der Waals surface area contributed by atoms with Crippen LogP contribution in [0.5, 0.6) is 5.75 Å². The fourth-order valence-corrected chi connectivity index (χ4v) is 3.97. The van der Waals surface area contributed by atoms with E-state index in [-0.39, 0.29) is 24.2 Å². The van der Waals surface area contributed by atoms with Crippen LogP contribution in [0.15, 0.2) is 24.3 Å². The molecule has 0 radical (unpaired) electrons. The SMILES string of the molecule is CC(C)(C)NC(=O)COc1ccc(CN2C[C@H]3CC[C@@H](C2)C3O)cc1. The molecule has 1 aliphatic heterocycles. The molecule has 1 aromatic rings. The lowest BCUT2D eigenvalue weighted by atomic mass is 9.95. The smallest absolute Gasteiger partial charge is 0.258 e. The topological polar surface area (TPSA) is 61.8 Å². The van der Waals surface area contributed by atoms with Crippen molar-refractivity contribution in [2.45, 2.75) is 51.8 Å². The molecule has 2 aliphatic rings. The Morgan fingerprint density at radius 3 is 2.36 bits per heavy atom. The predicted molar refractivity (Wildman–Crippen MR) is 97.3 cm³/mol. The Hall–Kier alpha value is -1.59. The van der Waals surface area contributed by atoms with Gasteiger partial charge in [0.1, 0.15) is 5.75 Å². The minimum atomic E-state index is -0.244. The summed E-state index contributed by atoms with van der Waals surface area (Å²) in [5, 5.41) is 13.0. The van der Waals surface area contributed by atoms with Gasteiger partial charge < -0.3 is 15.2 Å². The van der Waals surface area contributed by atoms with Crippen LogP contribution in [-0.2, 0) is 11.3 Å². The van der Waals surface area contributed by atoms with Gasteiger partial charge in [-0.2, -0.15) is 0 Å². The third-order valence-corrected chi connectivity index (χ3v) is 5.07. The number of nitrogens with zero attached hydrogens (tertiary/aromatic N) is 1. The van der Waals surface area contributed by atoms with E-state index in [2.05, 4.69) is 22.3 Å². The Morgan fingerprint density at radius 1 is 1.20 bits per heavy atom. The fourth-order valence-electron chi connectivity index (χ4n) is 3.97. The van der Waals surface area contributed by atoms with Gasteiger partial charge in [-0.25, -0.2) is 0 Å². The number of likely N-dealkylation sites (tertiary alicyclic amines) is 1. The number of aliphatic hydroxyl groups is 1. The lowest BCUT2D eigenvalue weighted by molar-refractivity contribution is -0.124. The van der Waals surface area contributed by atoms with Crippen LogP contribution in [0.2, 0.25) is 0 Å². The molecule has 3 rings (SSSR count). The number of fused-ring (bicyclic) bond motifs is 2. The van der Waals surface area contributed by atoms with Crippen LogP contribution in [-0.4, -0.2) is 47.3 Å². The third kappa shape index (κ3) is 4.95. The summed E-state index contributed by atoms with van der Waals surface area (Å²) in [6.45, 7) is 8.77. The minimum Gasteiger partial charge on any atom is -0.484 e. The maximum Gasteiger partial charge on any atom is 0.258 e. The molecular weight excluding hydrogens is 316 g/mol. The van der Waals surface area contributed by atoms with Crippen molar-refractivity contribution < 1.29 is 14.6 Å². The molecular formula is C20H30N2O3. The number of hydrogen-bond acceptors (Lipinski definition) is 4. The zero-order valence-corrected chi connectivity index (χ0v) is 15.5. The molecule has 3 atom stereocenters. The van der Waals surface area contributed by atoms with Gasteiger partial charge in [0.05, 0.1) is 6.10 Å². The van der Waals surface area contributed by atoms with E-state index in [1.165, 1.54) is 5.56 Å². The Bertz CT molecular complexity index is 580. The average Bonchev–Trinajstić information content (AvgIpc) is 2.74. The highest BCUT2D eigenvalue weighted by atomic mass is 16.5. The minimum absolute atomic E-state index is 0.0317. The average molecular weight is 346 g/mol. The quantitative estimate of drug-likeness (QED) is 0.858. The zero-order valence-electron chi connectivity index (χ0n) is 15.5. The number of hydrogen-bond donors (Lipinski definition) is 2. The van der Waals surface area contributed by atoms with Gasteiger partial charge in [-0.1, -0.05) is 12.1 Å². The summed E-state index contributed by atoms with van der Waals surface area (Å²) >= 11 is 0. The van der Waals surface area contributed by atoms with Crippen molar-refractivity contribution in [3.8, 4) is 5.75 Å². The highest BCUT2D eigenvalue weighted by Crippen LogP contribution is 2.37. The molecule has 1 saturated carbocycles. The van der Waals surface area contributed by atoms with E-state index in [0.717, 1.165) is 32.5 Å². The number of carbonyl (C=O) groups excluding carboxylic acids is 1. The first-order valence-electron chi connectivity index (χ1n) is 9.23. The van der Waals surface area contributed by atoms with E-state index in [1.807, 2.05) is 32.9 Å². The number of piperidine rings is 1. The summed E-state index contributed by atoms with van der Waals surface area (Å²) < 4.78 is 5.56. The van der Waals surface area contributed by atoms with Crippen LogP contribution >= 0.6 is 0 Å². The second-order valence-corrected chi connectivity index (χ2v) is 8.51. The van der Waals surface area contributed by atoms with Crippen molar-refractivity contribution in [1.82, 2.24) is 10.2 Å². The standard InChI is InChI=1S/C20H30N2O3/c1-20(2,3)21-18(23)13-25-17-8-4-14(5-9-17)10-22-11-15-6-7-16(12-22)19(15)24/h4-5,8-9,15-16,19,24H,6-7,10-13H2,1-3H3,(H,21,23)/t15-,16+,19?. The monoisotopic (exact) mass is 346 g/mol. The summed E-state index contributed by atoms with van der Waals surface area (Å²) in [6.07, 6.45) is 2.23. The molecule has 1 amide bonds. The summed E-state index contributed by atoms with van der Waals surface area (Å²) in [6, 6.07) is 7.97. The van der Waals surface area contributed by atoms with E-state index in [0.29, 0.717) is 17.6 Å². The van der Waals surface area contributed by atoms with E-state index in [1.54, 1.807) is 0 Å². The molecule has 2 N–H and O–H groups in total. The van der Waals surface area contributed by atoms with Crippen LogP contribution in [0.3, 0.4) is 0 Å². The van der Waals surface area contributed by atoms with Gasteiger partial charge in [-0.15, -0.1) is 0 Å². The van der Waals surface area contributed by atoms with E-state index in [4.69, 9.17) is 4.74 Å². The van der Waals surface area contributed by atoms with Crippen molar-refractivity contribution >= 4 is 5.91 Å². The van der Waals surface area contributed by atoms with Crippen molar-refractivity contribution in [1.29, 1.82) is 0 Å². The highest BCUT2D eigenvalue weighted by molar-refractivity contribution is 5.78. The van der Waals surface area contributed by atoms with Gasteiger partial charge in [-0.05, 0) is 63.1 Å². The molecule has 2 bridgehead atoms. The third-order valence-electron chi connectivity index (χ3n) is 5.07. The number of amides is 1. The Morgan fingerprint density at radius 2 is 1.80 bits per heavy atom. The van der Waals surface area contributed by atoms with Crippen molar-refractivity contribution in [2.75, 3.05) is 19.7 Å². The van der Waals surface area contributed by atoms with E-state index in [9.17, 15) is 9.90 Å². The molecule has 1 heterocycles. The lowest BCUT2D eigenvalue weighted by Crippen LogP contribution is -2.44. The van der Waals surface area contributed by atoms with Gasteiger partial charge in [0.15, 0.2) is 6.61 Å². The molecule has 25 heavy (non-hydrogen) atoms. The number of rotatable bonds is 5. The fraction of sp³-hybridized carbons (Fsp3) is 0.650. The van der Waals surface area contributed by atoms with Crippen molar-refractivity contribution in [3.05, 3.63) is 29.8 Å². The van der Waals surface area contributed by atoms with Gasteiger partial charge >= 0.3 is 0 Å². The molecule has 5 nitrogen and oxygen atoms in total. The molecule has 0 spiro atoms. The van der Waals surface area contributed by atoms with Crippen LogP contribution < -0.4 is 10.1 Å².